The van der Waals surface area contributed by atoms with Crippen molar-refractivity contribution in [3.63, 3.8) is 0 Å². The lowest BCUT2D eigenvalue weighted by molar-refractivity contribution is -0.118. The van der Waals surface area contributed by atoms with Crippen LogP contribution in [0.4, 0.5) is 5.82 Å². The molecule has 0 aliphatic heterocycles. The summed E-state index contributed by atoms with van der Waals surface area (Å²) in [5, 5.41) is 7.43. The van der Waals surface area contributed by atoms with Crippen molar-refractivity contribution >= 4 is 27.7 Å². The maximum atomic E-state index is 12.9. The molecule has 1 N–H and O–H groups in total. The maximum absolute atomic E-state index is 12.9. The smallest absolute Gasteiger partial charge is 0.236 e. The number of hydrogen-bond donors (Lipinski definition) is 1. The van der Waals surface area contributed by atoms with E-state index < -0.39 is 0 Å². The molecule has 0 radical (unpaired) electrons. The van der Waals surface area contributed by atoms with E-state index in [4.69, 9.17) is 0 Å². The third-order valence-electron chi connectivity index (χ3n) is 4.71. The Kier molecular flexibility index (Phi) is 4.17. The van der Waals surface area contributed by atoms with Gasteiger partial charge in [0, 0.05) is 10.5 Å². The highest BCUT2D eigenvalue weighted by Crippen LogP contribution is 2.48. The molecule has 4 nitrogen and oxygen atoms in total. The minimum absolute atomic E-state index is 0.0521. The van der Waals surface area contributed by atoms with Gasteiger partial charge in [-0.3, -0.25) is 4.79 Å². The number of rotatable bonds is 5. The van der Waals surface area contributed by atoms with Crippen LogP contribution < -0.4 is 5.32 Å². The van der Waals surface area contributed by atoms with Crippen molar-refractivity contribution in [2.45, 2.75) is 24.8 Å². The minimum Gasteiger partial charge on any atom is -0.310 e. The summed E-state index contributed by atoms with van der Waals surface area (Å²) in [5.41, 5.74) is 1.84. The van der Waals surface area contributed by atoms with Crippen LogP contribution in [0.1, 0.15) is 24.0 Å². The minimum atomic E-state index is -0.381. The molecule has 0 atom stereocenters. The molecule has 0 bridgehead atoms. The SMILES string of the molecule is O=C(Nc1ccnn1Cc1ccc(Br)cc1)C1(c2ccccc2)CC1. The monoisotopic (exact) mass is 395 g/mol. The summed E-state index contributed by atoms with van der Waals surface area (Å²) in [6, 6.07) is 20.0. The van der Waals surface area contributed by atoms with Crippen molar-refractivity contribution in [3.05, 3.63) is 82.5 Å². The number of carbonyl (C=O) groups is 1. The summed E-state index contributed by atoms with van der Waals surface area (Å²) < 4.78 is 2.87. The van der Waals surface area contributed by atoms with E-state index in [1.165, 1.54) is 0 Å². The lowest BCUT2D eigenvalue weighted by Gasteiger charge is -2.16. The highest BCUT2D eigenvalue weighted by molar-refractivity contribution is 9.10. The van der Waals surface area contributed by atoms with Crippen LogP contribution in [-0.2, 0) is 16.8 Å². The molecular formula is C20H18BrN3O. The van der Waals surface area contributed by atoms with E-state index in [2.05, 4.69) is 26.3 Å². The standard InChI is InChI=1S/C20H18BrN3O/c21-17-8-6-15(7-9-17)14-24-18(10-13-22-24)23-19(25)20(11-12-20)16-4-2-1-3-5-16/h1-10,13H,11-12,14H2,(H,23,25). The van der Waals surface area contributed by atoms with Crippen LogP contribution in [0.5, 0.6) is 0 Å². The largest absolute Gasteiger partial charge is 0.310 e. The molecule has 1 aliphatic carbocycles. The molecule has 1 aliphatic rings. The van der Waals surface area contributed by atoms with Gasteiger partial charge < -0.3 is 5.32 Å². The van der Waals surface area contributed by atoms with E-state index >= 15 is 0 Å². The Morgan fingerprint density at radius 2 is 1.80 bits per heavy atom. The Bertz CT molecular complexity index is 883. The first-order chi connectivity index (χ1) is 12.2. The molecule has 4 rings (SSSR count). The maximum Gasteiger partial charge on any atom is 0.236 e. The third kappa shape index (κ3) is 3.24. The second-order valence-electron chi connectivity index (χ2n) is 6.40. The number of nitrogens with zero attached hydrogens (tertiary/aromatic N) is 2. The predicted octanol–water partition coefficient (Wildman–Crippen LogP) is 4.36. The predicted molar refractivity (Wildman–Crippen MR) is 101 cm³/mol. The van der Waals surface area contributed by atoms with Gasteiger partial charge in [-0.15, -0.1) is 0 Å². The molecule has 1 amide bonds. The highest BCUT2D eigenvalue weighted by atomic mass is 79.9. The first-order valence-corrected chi connectivity index (χ1v) is 9.10. The molecule has 1 saturated carbocycles. The van der Waals surface area contributed by atoms with Crippen molar-refractivity contribution in [1.82, 2.24) is 9.78 Å². The van der Waals surface area contributed by atoms with Crippen LogP contribution in [0.2, 0.25) is 0 Å². The van der Waals surface area contributed by atoms with Crippen LogP contribution in [0.3, 0.4) is 0 Å². The van der Waals surface area contributed by atoms with Crippen molar-refractivity contribution in [2.75, 3.05) is 5.32 Å². The number of halogens is 1. The van der Waals surface area contributed by atoms with Crippen LogP contribution in [0.15, 0.2) is 71.3 Å². The molecule has 0 spiro atoms. The Morgan fingerprint density at radius 3 is 2.48 bits per heavy atom. The zero-order chi connectivity index (χ0) is 17.3. The molecule has 1 fully saturated rings. The average Bonchev–Trinajstić information content (AvgIpc) is 3.35. The Balaban J connectivity index is 1.51. The number of aromatic nitrogens is 2. The number of benzene rings is 2. The molecule has 126 valence electrons. The molecular weight excluding hydrogens is 378 g/mol. The quantitative estimate of drug-likeness (QED) is 0.697. The zero-order valence-electron chi connectivity index (χ0n) is 13.7. The van der Waals surface area contributed by atoms with Crippen molar-refractivity contribution < 1.29 is 4.79 Å². The lowest BCUT2D eigenvalue weighted by atomic mass is 9.95. The number of hydrogen-bond acceptors (Lipinski definition) is 2. The normalized spacial score (nSPS) is 14.9. The zero-order valence-corrected chi connectivity index (χ0v) is 15.2. The number of nitrogens with one attached hydrogen (secondary N) is 1. The molecule has 0 saturated heterocycles. The molecule has 2 aromatic carbocycles. The van der Waals surface area contributed by atoms with Crippen LogP contribution in [0, 0.1) is 0 Å². The summed E-state index contributed by atoms with van der Waals surface area (Å²) in [7, 11) is 0. The molecule has 1 aromatic heterocycles. The molecule has 5 heteroatoms. The highest BCUT2D eigenvalue weighted by Gasteiger charge is 2.51. The fourth-order valence-electron chi connectivity index (χ4n) is 3.09. The van der Waals surface area contributed by atoms with E-state index in [0.29, 0.717) is 6.54 Å². The summed E-state index contributed by atoms with van der Waals surface area (Å²) in [6.45, 7) is 0.619. The lowest BCUT2D eigenvalue weighted by Crippen LogP contribution is -2.29. The van der Waals surface area contributed by atoms with Gasteiger partial charge in [0.25, 0.3) is 0 Å². The third-order valence-corrected chi connectivity index (χ3v) is 5.24. The van der Waals surface area contributed by atoms with Gasteiger partial charge in [0.05, 0.1) is 18.2 Å². The van der Waals surface area contributed by atoms with Crippen molar-refractivity contribution in [1.29, 1.82) is 0 Å². The summed E-state index contributed by atoms with van der Waals surface area (Å²) >= 11 is 3.44. The molecule has 25 heavy (non-hydrogen) atoms. The second kappa shape index (κ2) is 6.48. The van der Waals surface area contributed by atoms with Crippen molar-refractivity contribution in [3.8, 4) is 0 Å². The number of anilines is 1. The topological polar surface area (TPSA) is 46.9 Å². The van der Waals surface area contributed by atoms with Gasteiger partial charge in [-0.1, -0.05) is 58.4 Å². The van der Waals surface area contributed by atoms with Gasteiger partial charge in [-0.25, -0.2) is 4.68 Å². The van der Waals surface area contributed by atoms with Gasteiger partial charge in [-0.2, -0.15) is 5.10 Å². The van der Waals surface area contributed by atoms with E-state index in [9.17, 15) is 4.79 Å². The van der Waals surface area contributed by atoms with Gasteiger partial charge in [0.15, 0.2) is 0 Å². The first kappa shape index (κ1) is 16.1. The van der Waals surface area contributed by atoms with Crippen LogP contribution in [0.25, 0.3) is 0 Å². The van der Waals surface area contributed by atoms with E-state index in [1.54, 1.807) is 6.20 Å². The average molecular weight is 396 g/mol. The van der Waals surface area contributed by atoms with Gasteiger partial charge in [0.1, 0.15) is 5.82 Å². The van der Waals surface area contributed by atoms with E-state index in [1.807, 2.05) is 65.3 Å². The molecule has 0 unspecified atom stereocenters. The van der Waals surface area contributed by atoms with Crippen LogP contribution in [-0.4, -0.2) is 15.7 Å². The Labute approximate surface area is 155 Å². The fraction of sp³-hybridized carbons (Fsp3) is 0.200. The Morgan fingerprint density at radius 1 is 1.08 bits per heavy atom. The van der Waals surface area contributed by atoms with Crippen LogP contribution >= 0.6 is 15.9 Å². The number of amides is 1. The van der Waals surface area contributed by atoms with Crippen molar-refractivity contribution in [2.24, 2.45) is 0 Å². The second-order valence-corrected chi connectivity index (χ2v) is 7.32. The van der Waals surface area contributed by atoms with Gasteiger partial charge in [-0.05, 0) is 36.1 Å². The summed E-state index contributed by atoms with van der Waals surface area (Å²) in [6.07, 6.45) is 3.50. The van der Waals surface area contributed by atoms with E-state index in [-0.39, 0.29) is 11.3 Å². The van der Waals surface area contributed by atoms with Gasteiger partial charge in [0.2, 0.25) is 5.91 Å². The summed E-state index contributed by atoms with van der Waals surface area (Å²) in [5.74, 6) is 0.784. The van der Waals surface area contributed by atoms with Gasteiger partial charge >= 0.3 is 0 Å². The molecule has 1 heterocycles. The summed E-state index contributed by atoms with van der Waals surface area (Å²) in [4.78, 5) is 12.9. The fourth-order valence-corrected chi connectivity index (χ4v) is 3.36. The Hall–Kier alpha value is -2.40. The molecule has 3 aromatic rings. The van der Waals surface area contributed by atoms with E-state index in [0.717, 1.165) is 34.3 Å². The first-order valence-electron chi connectivity index (χ1n) is 8.31. The number of carbonyl (C=O) groups excluding carboxylic acids is 1.